The van der Waals surface area contributed by atoms with E-state index in [9.17, 15) is 4.79 Å². The van der Waals surface area contributed by atoms with E-state index >= 15 is 0 Å². The smallest absolute Gasteiger partial charge is 0.234 e. The van der Waals surface area contributed by atoms with Gasteiger partial charge in [0.15, 0.2) is 0 Å². The average Bonchev–Trinajstić information content (AvgIpc) is 3.07. The summed E-state index contributed by atoms with van der Waals surface area (Å²) in [6.07, 6.45) is 4.33. The highest BCUT2D eigenvalue weighted by atomic mass is 16.1. The number of hydrogen-bond acceptors (Lipinski definition) is 4. The van der Waals surface area contributed by atoms with Crippen LogP contribution in [-0.2, 0) is 4.79 Å². The topological polar surface area (TPSA) is 61.6 Å². The molecule has 1 unspecified atom stereocenters. The van der Waals surface area contributed by atoms with Crippen molar-refractivity contribution in [3.63, 3.8) is 0 Å². The summed E-state index contributed by atoms with van der Waals surface area (Å²) >= 11 is 0. The zero-order valence-corrected chi connectivity index (χ0v) is 12.0. The molecular weight excluding hydrogens is 228 g/mol. The Balaban J connectivity index is 2.13. The predicted octanol–water partition coefficient (Wildman–Crippen LogP) is -0.134. The van der Waals surface area contributed by atoms with Gasteiger partial charge in [0.25, 0.3) is 0 Å². The van der Waals surface area contributed by atoms with Crippen LogP contribution in [0, 0.1) is 0 Å². The van der Waals surface area contributed by atoms with Crippen molar-refractivity contribution in [1.29, 1.82) is 0 Å². The quantitative estimate of drug-likeness (QED) is 0.571. The molecule has 0 aromatic heterocycles. The van der Waals surface area contributed by atoms with Crippen molar-refractivity contribution in [2.45, 2.75) is 37.8 Å². The Kier molecular flexibility index (Phi) is 6.60. The number of nitrogens with one attached hydrogen (secondary N) is 1. The Bertz CT molecular complexity index is 253. The third-order valence-electron chi connectivity index (χ3n) is 3.30. The van der Waals surface area contributed by atoms with Crippen molar-refractivity contribution in [3.05, 3.63) is 0 Å². The zero-order valence-electron chi connectivity index (χ0n) is 12.0. The van der Waals surface area contributed by atoms with Gasteiger partial charge in [-0.05, 0) is 66.5 Å². The van der Waals surface area contributed by atoms with Crippen LogP contribution in [0.3, 0.4) is 0 Å². The highest BCUT2D eigenvalue weighted by molar-refractivity contribution is 5.79. The molecule has 106 valence electrons. The van der Waals surface area contributed by atoms with Crippen LogP contribution in [0.4, 0.5) is 0 Å². The number of rotatable bonds is 10. The molecule has 18 heavy (non-hydrogen) atoms. The first kappa shape index (κ1) is 15.4. The monoisotopic (exact) mass is 256 g/mol. The van der Waals surface area contributed by atoms with E-state index in [-0.39, 0.29) is 11.9 Å². The van der Waals surface area contributed by atoms with E-state index in [1.54, 1.807) is 0 Å². The molecule has 1 atom stereocenters. The van der Waals surface area contributed by atoms with Crippen molar-refractivity contribution >= 4 is 5.91 Å². The molecule has 5 heteroatoms. The second-order valence-electron chi connectivity index (χ2n) is 5.64. The van der Waals surface area contributed by atoms with E-state index < -0.39 is 0 Å². The molecular formula is C13H28N4O. The summed E-state index contributed by atoms with van der Waals surface area (Å²) in [4.78, 5) is 15.8. The largest absolute Gasteiger partial charge is 0.368 e. The highest BCUT2D eigenvalue weighted by Crippen LogP contribution is 2.19. The molecule has 1 aliphatic carbocycles. The van der Waals surface area contributed by atoms with E-state index in [2.05, 4.69) is 36.3 Å². The van der Waals surface area contributed by atoms with Crippen LogP contribution in [0.15, 0.2) is 0 Å². The molecule has 0 aromatic carbocycles. The standard InChI is InChI=1S/C13H28N4O/c1-16(2)8-4-9-17(3)10-7-12(13(14)18)15-11-5-6-11/h11-12,15H,4-10H2,1-3H3,(H2,14,18). The molecule has 0 radical (unpaired) electrons. The number of nitrogens with zero attached hydrogens (tertiary/aromatic N) is 2. The fourth-order valence-corrected chi connectivity index (χ4v) is 1.96. The van der Waals surface area contributed by atoms with E-state index in [1.807, 2.05) is 0 Å². The Labute approximate surface area is 111 Å². The van der Waals surface area contributed by atoms with Crippen molar-refractivity contribution < 1.29 is 4.79 Å². The molecule has 1 fully saturated rings. The molecule has 1 saturated carbocycles. The van der Waals surface area contributed by atoms with Crippen molar-refractivity contribution in [1.82, 2.24) is 15.1 Å². The summed E-state index contributed by atoms with van der Waals surface area (Å²) in [5, 5.41) is 3.31. The summed E-state index contributed by atoms with van der Waals surface area (Å²) in [5.41, 5.74) is 5.41. The van der Waals surface area contributed by atoms with Gasteiger partial charge in [0.1, 0.15) is 0 Å². The van der Waals surface area contributed by atoms with Gasteiger partial charge >= 0.3 is 0 Å². The Morgan fingerprint density at radius 1 is 1.28 bits per heavy atom. The number of amides is 1. The van der Waals surface area contributed by atoms with Crippen LogP contribution in [0.5, 0.6) is 0 Å². The van der Waals surface area contributed by atoms with Crippen molar-refractivity contribution in [3.8, 4) is 0 Å². The summed E-state index contributed by atoms with van der Waals surface area (Å²) in [5.74, 6) is -0.219. The lowest BCUT2D eigenvalue weighted by molar-refractivity contribution is -0.120. The van der Waals surface area contributed by atoms with Gasteiger partial charge in [-0.25, -0.2) is 0 Å². The first-order valence-corrected chi connectivity index (χ1v) is 6.87. The minimum absolute atomic E-state index is 0.159. The van der Waals surface area contributed by atoms with Gasteiger partial charge in [-0.1, -0.05) is 0 Å². The van der Waals surface area contributed by atoms with Gasteiger partial charge in [-0.2, -0.15) is 0 Å². The lowest BCUT2D eigenvalue weighted by atomic mass is 10.2. The third kappa shape index (κ3) is 6.93. The van der Waals surface area contributed by atoms with Crippen molar-refractivity contribution in [2.75, 3.05) is 40.8 Å². The molecule has 1 amide bonds. The normalized spacial score (nSPS) is 17.4. The molecule has 0 spiro atoms. The van der Waals surface area contributed by atoms with Gasteiger partial charge in [-0.3, -0.25) is 4.79 Å². The second kappa shape index (κ2) is 7.71. The minimum Gasteiger partial charge on any atom is -0.368 e. The molecule has 0 aromatic rings. The molecule has 0 saturated heterocycles. The Hall–Kier alpha value is -0.650. The van der Waals surface area contributed by atoms with E-state index in [0.717, 1.165) is 32.5 Å². The summed E-state index contributed by atoms with van der Waals surface area (Å²) < 4.78 is 0. The van der Waals surface area contributed by atoms with Crippen molar-refractivity contribution in [2.24, 2.45) is 5.73 Å². The maximum absolute atomic E-state index is 11.3. The van der Waals surface area contributed by atoms with E-state index in [1.165, 1.54) is 12.8 Å². The molecule has 5 nitrogen and oxygen atoms in total. The third-order valence-corrected chi connectivity index (χ3v) is 3.30. The molecule has 1 aliphatic rings. The molecule has 0 aliphatic heterocycles. The molecule has 0 heterocycles. The van der Waals surface area contributed by atoms with Gasteiger partial charge in [0, 0.05) is 6.04 Å². The van der Waals surface area contributed by atoms with Gasteiger partial charge in [0.05, 0.1) is 6.04 Å². The molecule has 0 bridgehead atoms. The van der Waals surface area contributed by atoms with Crippen LogP contribution < -0.4 is 11.1 Å². The van der Waals surface area contributed by atoms with E-state index in [4.69, 9.17) is 5.73 Å². The lowest BCUT2D eigenvalue weighted by Gasteiger charge is -2.21. The predicted molar refractivity (Wildman–Crippen MR) is 74.4 cm³/mol. The summed E-state index contributed by atoms with van der Waals surface area (Å²) in [6, 6.07) is 0.371. The minimum atomic E-state index is -0.219. The fraction of sp³-hybridized carbons (Fsp3) is 0.923. The van der Waals surface area contributed by atoms with Crippen LogP contribution in [0.2, 0.25) is 0 Å². The van der Waals surface area contributed by atoms with Crippen LogP contribution in [0.25, 0.3) is 0 Å². The first-order chi connectivity index (χ1) is 8.49. The Morgan fingerprint density at radius 2 is 1.94 bits per heavy atom. The number of nitrogens with two attached hydrogens (primary N) is 1. The summed E-state index contributed by atoms with van der Waals surface area (Å²) in [6.45, 7) is 3.08. The summed E-state index contributed by atoms with van der Waals surface area (Å²) in [7, 11) is 6.27. The Morgan fingerprint density at radius 3 is 2.44 bits per heavy atom. The maximum Gasteiger partial charge on any atom is 0.234 e. The zero-order chi connectivity index (χ0) is 13.5. The lowest BCUT2D eigenvalue weighted by Crippen LogP contribution is -2.44. The fourth-order valence-electron chi connectivity index (χ4n) is 1.96. The van der Waals surface area contributed by atoms with Crippen LogP contribution >= 0.6 is 0 Å². The highest BCUT2D eigenvalue weighted by Gasteiger charge is 2.27. The average molecular weight is 256 g/mol. The first-order valence-electron chi connectivity index (χ1n) is 6.87. The van der Waals surface area contributed by atoms with Gasteiger partial charge in [-0.15, -0.1) is 0 Å². The van der Waals surface area contributed by atoms with Crippen LogP contribution in [0.1, 0.15) is 25.7 Å². The number of carbonyl (C=O) groups is 1. The molecule has 1 rings (SSSR count). The van der Waals surface area contributed by atoms with Crippen LogP contribution in [-0.4, -0.2) is 68.6 Å². The maximum atomic E-state index is 11.3. The number of hydrogen-bond donors (Lipinski definition) is 2. The van der Waals surface area contributed by atoms with Gasteiger partial charge in [0.2, 0.25) is 5.91 Å². The number of carbonyl (C=O) groups excluding carboxylic acids is 1. The second-order valence-corrected chi connectivity index (χ2v) is 5.64. The van der Waals surface area contributed by atoms with Gasteiger partial charge < -0.3 is 20.9 Å². The van der Waals surface area contributed by atoms with E-state index in [0.29, 0.717) is 6.04 Å². The SMILES string of the molecule is CN(C)CCCN(C)CCC(NC1CC1)C(N)=O. The molecule has 3 N–H and O–H groups in total. The number of primary amides is 1.